The van der Waals surface area contributed by atoms with E-state index >= 15 is 0 Å². The minimum atomic E-state index is -5.02. The van der Waals surface area contributed by atoms with Gasteiger partial charge in [-0.15, -0.1) is 0 Å². The highest BCUT2D eigenvalue weighted by molar-refractivity contribution is 5.77. The van der Waals surface area contributed by atoms with Crippen LogP contribution in [0.1, 0.15) is 17.1 Å². The molecule has 4 nitrogen and oxygen atoms in total. The van der Waals surface area contributed by atoms with Gasteiger partial charge in [0, 0.05) is 6.54 Å². The van der Waals surface area contributed by atoms with Gasteiger partial charge in [-0.3, -0.25) is 0 Å². The third-order valence-electron chi connectivity index (χ3n) is 2.81. The Kier molecular flexibility index (Phi) is 3.60. The zero-order valence-corrected chi connectivity index (χ0v) is 10.5. The molecule has 2 heterocycles. The summed E-state index contributed by atoms with van der Waals surface area (Å²) < 4.78 is 77.9. The predicted octanol–water partition coefficient (Wildman–Crippen LogP) is 2.77. The highest BCUT2D eigenvalue weighted by Crippen LogP contribution is 2.38. The molecular formula is C11H9F6N3O. The number of hydrogen-bond acceptors (Lipinski definition) is 3. The summed E-state index contributed by atoms with van der Waals surface area (Å²) in [7, 11) is 0. The van der Waals surface area contributed by atoms with Gasteiger partial charge in [-0.1, -0.05) is 0 Å². The zero-order valence-electron chi connectivity index (χ0n) is 10.5. The summed E-state index contributed by atoms with van der Waals surface area (Å²) in [6, 6.07) is -0.0575. The highest BCUT2D eigenvalue weighted by atomic mass is 19.4. The summed E-state index contributed by atoms with van der Waals surface area (Å²) in [4.78, 5) is 6.85. The minimum Gasteiger partial charge on any atom is -0.395 e. The molecule has 2 aromatic rings. The van der Waals surface area contributed by atoms with Crippen LogP contribution in [0.2, 0.25) is 0 Å². The number of aliphatic hydroxyl groups excluding tert-OH is 1. The summed E-state index contributed by atoms with van der Waals surface area (Å²) in [5.41, 5.74) is -4.37. The van der Waals surface area contributed by atoms with E-state index in [4.69, 9.17) is 5.11 Å². The van der Waals surface area contributed by atoms with Crippen LogP contribution in [0.15, 0.2) is 6.07 Å². The van der Waals surface area contributed by atoms with Crippen molar-refractivity contribution >= 4 is 11.2 Å². The topological polar surface area (TPSA) is 50.9 Å². The van der Waals surface area contributed by atoms with Gasteiger partial charge in [-0.25, -0.2) is 9.97 Å². The van der Waals surface area contributed by atoms with E-state index in [1.54, 1.807) is 0 Å². The Bertz CT molecular complexity index is 673. The van der Waals surface area contributed by atoms with E-state index in [1.807, 2.05) is 0 Å². The van der Waals surface area contributed by atoms with Crippen LogP contribution in [-0.4, -0.2) is 26.2 Å². The first-order valence-electron chi connectivity index (χ1n) is 5.69. The summed E-state index contributed by atoms with van der Waals surface area (Å²) in [6.07, 6.45) is -10.0. The molecule has 0 amide bonds. The normalized spacial score (nSPS) is 13.1. The molecule has 0 spiro atoms. The lowest BCUT2D eigenvalue weighted by Gasteiger charge is -2.12. The number of pyridine rings is 1. The molecule has 0 aliphatic rings. The fourth-order valence-corrected chi connectivity index (χ4v) is 1.93. The van der Waals surface area contributed by atoms with Crippen molar-refractivity contribution < 1.29 is 31.4 Å². The predicted molar refractivity (Wildman–Crippen MR) is 59.4 cm³/mol. The smallest absolute Gasteiger partial charge is 0.395 e. The number of hydrogen-bond donors (Lipinski definition) is 1. The molecule has 0 aliphatic carbocycles. The lowest BCUT2D eigenvalue weighted by molar-refractivity contribution is -0.144. The summed E-state index contributed by atoms with van der Waals surface area (Å²) in [5, 5.41) is 8.86. The molecule has 0 atom stereocenters. The Morgan fingerprint density at radius 1 is 1.10 bits per heavy atom. The third kappa shape index (κ3) is 2.80. The molecule has 116 valence electrons. The van der Waals surface area contributed by atoms with Gasteiger partial charge >= 0.3 is 12.4 Å². The van der Waals surface area contributed by atoms with Gasteiger partial charge in [0.2, 0.25) is 0 Å². The maximum atomic E-state index is 12.9. The lowest BCUT2D eigenvalue weighted by atomic mass is 10.2. The van der Waals surface area contributed by atoms with Gasteiger partial charge in [0.25, 0.3) is 0 Å². The van der Waals surface area contributed by atoms with E-state index < -0.39 is 41.4 Å². The third-order valence-corrected chi connectivity index (χ3v) is 2.81. The van der Waals surface area contributed by atoms with Crippen LogP contribution in [0.5, 0.6) is 0 Å². The Hall–Kier alpha value is -1.84. The fraction of sp³-hybridized carbons (Fsp3) is 0.455. The number of fused-ring (bicyclic) bond motifs is 1. The summed E-state index contributed by atoms with van der Waals surface area (Å²) in [6.45, 7) is 0.657. The molecule has 0 bridgehead atoms. The van der Waals surface area contributed by atoms with Crippen molar-refractivity contribution in [1.29, 1.82) is 0 Å². The fourth-order valence-electron chi connectivity index (χ4n) is 1.93. The van der Waals surface area contributed by atoms with Gasteiger partial charge in [0.1, 0.15) is 17.0 Å². The van der Waals surface area contributed by atoms with Gasteiger partial charge in [0.15, 0.2) is 5.65 Å². The maximum absolute atomic E-state index is 12.9. The van der Waals surface area contributed by atoms with Crippen LogP contribution in [0.4, 0.5) is 26.3 Å². The summed E-state index contributed by atoms with van der Waals surface area (Å²) in [5.74, 6) is 0.0383. The van der Waals surface area contributed by atoms with E-state index in [1.165, 1.54) is 6.92 Å². The molecule has 2 aromatic heterocycles. The molecule has 0 unspecified atom stereocenters. The molecule has 0 aliphatic heterocycles. The highest BCUT2D eigenvalue weighted by Gasteiger charge is 2.40. The van der Waals surface area contributed by atoms with E-state index in [-0.39, 0.29) is 18.4 Å². The Morgan fingerprint density at radius 2 is 1.71 bits per heavy atom. The standard InChI is InChI=1S/C11H9F6N3O/c1-5-18-8-6(10(12,13)14)4-7(11(15,16)17)19-9(8)20(5)2-3-21/h4,21H,2-3H2,1H3. The van der Waals surface area contributed by atoms with Crippen molar-refractivity contribution in [3.05, 3.63) is 23.1 Å². The second-order valence-corrected chi connectivity index (χ2v) is 4.26. The number of rotatable bonds is 2. The first-order chi connectivity index (χ1) is 9.55. The summed E-state index contributed by atoms with van der Waals surface area (Å²) >= 11 is 0. The quantitative estimate of drug-likeness (QED) is 0.868. The van der Waals surface area contributed by atoms with Crippen molar-refractivity contribution in [3.8, 4) is 0 Å². The molecule has 1 N–H and O–H groups in total. The number of aliphatic hydroxyl groups is 1. The molecule has 0 saturated heterocycles. The largest absolute Gasteiger partial charge is 0.433 e. The monoisotopic (exact) mass is 313 g/mol. The van der Waals surface area contributed by atoms with Crippen LogP contribution < -0.4 is 0 Å². The SMILES string of the molecule is Cc1nc2c(C(F)(F)F)cc(C(F)(F)F)nc2n1CCO. The average Bonchev–Trinajstić information content (AvgIpc) is 2.63. The Morgan fingerprint density at radius 3 is 2.19 bits per heavy atom. The Balaban J connectivity index is 2.85. The van der Waals surface area contributed by atoms with Gasteiger partial charge in [-0.2, -0.15) is 26.3 Å². The molecule has 10 heteroatoms. The molecular weight excluding hydrogens is 304 g/mol. The van der Waals surface area contributed by atoms with Crippen LogP contribution in [0, 0.1) is 6.92 Å². The number of aromatic nitrogens is 3. The van der Waals surface area contributed by atoms with Crippen LogP contribution in [0.3, 0.4) is 0 Å². The van der Waals surface area contributed by atoms with Crippen LogP contribution in [0.25, 0.3) is 11.2 Å². The van der Waals surface area contributed by atoms with E-state index in [2.05, 4.69) is 9.97 Å². The minimum absolute atomic E-state index is 0.0383. The number of imidazole rings is 1. The van der Waals surface area contributed by atoms with Gasteiger partial charge in [-0.05, 0) is 13.0 Å². The first-order valence-corrected chi connectivity index (χ1v) is 5.69. The van der Waals surface area contributed by atoms with Gasteiger partial charge < -0.3 is 9.67 Å². The van der Waals surface area contributed by atoms with Crippen molar-refractivity contribution in [2.45, 2.75) is 25.8 Å². The first kappa shape index (κ1) is 15.5. The molecule has 0 fully saturated rings. The molecule has 21 heavy (non-hydrogen) atoms. The number of halogens is 6. The number of aryl methyl sites for hydroxylation is 1. The Labute approximate surface area is 114 Å². The van der Waals surface area contributed by atoms with Crippen molar-refractivity contribution in [2.75, 3.05) is 6.61 Å². The average molecular weight is 313 g/mol. The maximum Gasteiger partial charge on any atom is 0.433 e. The number of alkyl halides is 6. The molecule has 2 rings (SSSR count). The van der Waals surface area contributed by atoms with Crippen LogP contribution in [-0.2, 0) is 18.9 Å². The van der Waals surface area contributed by atoms with E-state index in [0.717, 1.165) is 4.57 Å². The van der Waals surface area contributed by atoms with E-state index in [9.17, 15) is 26.3 Å². The molecule has 0 radical (unpaired) electrons. The van der Waals surface area contributed by atoms with Crippen molar-refractivity contribution in [3.63, 3.8) is 0 Å². The second-order valence-electron chi connectivity index (χ2n) is 4.26. The zero-order chi connectivity index (χ0) is 16.0. The van der Waals surface area contributed by atoms with Crippen molar-refractivity contribution in [1.82, 2.24) is 14.5 Å². The number of nitrogens with zero attached hydrogens (tertiary/aromatic N) is 3. The van der Waals surface area contributed by atoms with Crippen LogP contribution >= 0.6 is 0 Å². The molecule has 0 aromatic carbocycles. The van der Waals surface area contributed by atoms with Crippen molar-refractivity contribution in [2.24, 2.45) is 0 Å². The second kappa shape index (κ2) is 4.86. The van der Waals surface area contributed by atoms with Gasteiger partial charge in [0.05, 0.1) is 12.2 Å². The van der Waals surface area contributed by atoms with E-state index in [0.29, 0.717) is 0 Å². The molecule has 0 saturated carbocycles. The lowest BCUT2D eigenvalue weighted by Crippen LogP contribution is -2.14.